The number of benzene rings is 2. The van der Waals surface area contributed by atoms with Gasteiger partial charge in [-0.3, -0.25) is 9.59 Å². The Morgan fingerprint density at radius 1 is 1.03 bits per heavy atom. The van der Waals surface area contributed by atoms with Crippen molar-refractivity contribution in [2.75, 3.05) is 0 Å². The molecule has 2 heterocycles. The molecule has 0 radical (unpaired) electrons. The highest BCUT2D eigenvalue weighted by Crippen LogP contribution is 2.41. The number of carbonyl (C=O) groups excluding carboxylic acids is 2. The number of aliphatic hydroxyl groups excluding tert-OH is 1. The van der Waals surface area contributed by atoms with E-state index in [4.69, 9.17) is 4.42 Å². The van der Waals surface area contributed by atoms with Crippen LogP contribution in [0.2, 0.25) is 0 Å². The summed E-state index contributed by atoms with van der Waals surface area (Å²) in [7, 11) is 0. The van der Waals surface area contributed by atoms with E-state index in [0.717, 1.165) is 22.6 Å². The lowest BCUT2D eigenvalue weighted by atomic mass is 9.96. The summed E-state index contributed by atoms with van der Waals surface area (Å²) in [5.74, 6) is -1.46. The van der Waals surface area contributed by atoms with Gasteiger partial charge in [-0.1, -0.05) is 29.8 Å². The Kier molecular flexibility index (Phi) is 5.85. The van der Waals surface area contributed by atoms with E-state index < -0.39 is 29.5 Å². The van der Waals surface area contributed by atoms with Crippen LogP contribution in [-0.2, 0) is 22.3 Å². The Morgan fingerprint density at radius 2 is 1.76 bits per heavy atom. The van der Waals surface area contributed by atoms with Crippen LogP contribution in [0.5, 0.6) is 0 Å². The van der Waals surface area contributed by atoms with Crippen LogP contribution in [-0.4, -0.2) is 21.7 Å². The zero-order valence-electron chi connectivity index (χ0n) is 18.7. The van der Waals surface area contributed by atoms with Crippen molar-refractivity contribution in [2.45, 2.75) is 39.5 Å². The van der Waals surface area contributed by atoms with E-state index in [1.165, 1.54) is 12.1 Å². The second kappa shape index (κ2) is 8.52. The fourth-order valence-corrected chi connectivity index (χ4v) is 4.12. The molecule has 8 heteroatoms. The average Bonchev–Trinajstić information content (AvgIpc) is 3.31. The van der Waals surface area contributed by atoms with Crippen molar-refractivity contribution in [2.24, 2.45) is 0 Å². The molecule has 0 bridgehead atoms. The molecule has 1 aromatic heterocycles. The van der Waals surface area contributed by atoms with Gasteiger partial charge >= 0.3 is 6.18 Å². The molecule has 0 aliphatic carbocycles. The predicted octanol–water partition coefficient (Wildman–Crippen LogP) is 5.85. The van der Waals surface area contributed by atoms with Gasteiger partial charge in [-0.25, -0.2) is 0 Å². The Balaban J connectivity index is 1.85. The monoisotopic (exact) mass is 469 g/mol. The zero-order chi connectivity index (χ0) is 24.8. The highest BCUT2D eigenvalue weighted by atomic mass is 19.4. The normalized spacial score (nSPS) is 18.1. The van der Waals surface area contributed by atoms with Gasteiger partial charge in [0, 0.05) is 12.1 Å². The Hall–Kier alpha value is -3.81. The van der Waals surface area contributed by atoms with Crippen LogP contribution in [0.25, 0.3) is 5.76 Å². The number of aryl methyl sites for hydroxylation is 3. The minimum atomic E-state index is -4.55. The number of alkyl halides is 3. The second-order valence-electron chi connectivity index (χ2n) is 8.39. The van der Waals surface area contributed by atoms with Crippen molar-refractivity contribution in [3.63, 3.8) is 0 Å². The zero-order valence-corrected chi connectivity index (χ0v) is 18.7. The summed E-state index contributed by atoms with van der Waals surface area (Å²) in [5.41, 5.74) is 1.10. The van der Waals surface area contributed by atoms with Crippen molar-refractivity contribution in [1.29, 1.82) is 0 Å². The topological polar surface area (TPSA) is 70.8 Å². The first-order valence-corrected chi connectivity index (χ1v) is 10.6. The molecule has 1 atom stereocenters. The molecule has 1 aliphatic rings. The first-order valence-electron chi connectivity index (χ1n) is 10.6. The molecule has 1 N–H and O–H groups in total. The van der Waals surface area contributed by atoms with Crippen molar-refractivity contribution in [3.8, 4) is 0 Å². The first kappa shape index (κ1) is 23.4. The minimum Gasteiger partial charge on any atom is -0.507 e. The highest BCUT2D eigenvalue weighted by molar-refractivity contribution is 6.46. The van der Waals surface area contributed by atoms with Crippen LogP contribution in [0.4, 0.5) is 13.2 Å². The van der Waals surface area contributed by atoms with Gasteiger partial charge in [-0.2, -0.15) is 13.2 Å². The van der Waals surface area contributed by atoms with Gasteiger partial charge in [0.1, 0.15) is 23.3 Å². The van der Waals surface area contributed by atoms with Crippen LogP contribution < -0.4 is 0 Å². The summed E-state index contributed by atoms with van der Waals surface area (Å²) >= 11 is 0. The molecule has 1 saturated heterocycles. The standard InChI is InChI=1S/C26H22F3NO4/c1-14-7-8-15(2)19(11-14)23(31)21-22(20-10-9-16(3)34-20)30(25(33)24(21)32)13-17-5-4-6-18(12-17)26(27,28)29/h4-12,22,31H,13H2,1-3H3/b23-21-. The SMILES string of the molecule is Cc1ccc(C)c(/C(O)=C2/C(=O)C(=O)N(Cc3cccc(C(F)(F)F)c3)C2c2ccc(C)o2)c1. The highest BCUT2D eigenvalue weighted by Gasteiger charge is 2.47. The predicted molar refractivity (Wildman–Crippen MR) is 119 cm³/mol. The number of Topliss-reactive ketones (excluding diaryl/α,β-unsaturated/α-hetero) is 1. The summed E-state index contributed by atoms with van der Waals surface area (Å²) in [6.45, 7) is 5.00. The Morgan fingerprint density at radius 3 is 2.41 bits per heavy atom. The largest absolute Gasteiger partial charge is 0.507 e. The quantitative estimate of drug-likeness (QED) is 0.296. The van der Waals surface area contributed by atoms with Crippen LogP contribution in [0.15, 0.2) is 64.6 Å². The molecule has 1 fully saturated rings. The number of nitrogens with zero attached hydrogens (tertiary/aromatic N) is 1. The smallest absolute Gasteiger partial charge is 0.416 e. The maximum Gasteiger partial charge on any atom is 0.416 e. The van der Waals surface area contributed by atoms with Crippen LogP contribution in [0.1, 0.15) is 45.4 Å². The molecular weight excluding hydrogens is 447 g/mol. The fourth-order valence-electron chi connectivity index (χ4n) is 4.12. The number of halogens is 3. The molecule has 1 unspecified atom stereocenters. The van der Waals surface area contributed by atoms with E-state index in [1.54, 1.807) is 38.1 Å². The Bertz CT molecular complexity index is 1320. The number of amides is 1. The number of carbonyl (C=O) groups is 2. The summed E-state index contributed by atoms with van der Waals surface area (Å²) in [5, 5.41) is 11.2. The molecule has 0 spiro atoms. The first-order chi connectivity index (χ1) is 16.0. The molecule has 5 nitrogen and oxygen atoms in total. The van der Waals surface area contributed by atoms with Gasteiger partial charge in [-0.15, -0.1) is 0 Å². The number of likely N-dealkylation sites (tertiary alicyclic amines) is 1. The van der Waals surface area contributed by atoms with Gasteiger partial charge in [0.15, 0.2) is 0 Å². The molecule has 176 valence electrons. The molecule has 1 aliphatic heterocycles. The van der Waals surface area contributed by atoms with Crippen LogP contribution in [0, 0.1) is 20.8 Å². The number of aliphatic hydroxyl groups is 1. The fraction of sp³-hybridized carbons (Fsp3) is 0.231. The van der Waals surface area contributed by atoms with Crippen molar-refractivity contribution < 1.29 is 32.3 Å². The third-order valence-corrected chi connectivity index (χ3v) is 5.83. The molecule has 0 saturated carbocycles. The molecule has 34 heavy (non-hydrogen) atoms. The maximum atomic E-state index is 13.2. The average molecular weight is 469 g/mol. The van der Waals surface area contributed by atoms with Gasteiger partial charge < -0.3 is 14.4 Å². The van der Waals surface area contributed by atoms with E-state index >= 15 is 0 Å². The van der Waals surface area contributed by atoms with Crippen molar-refractivity contribution in [3.05, 3.63) is 99.5 Å². The molecule has 1 amide bonds. The van der Waals surface area contributed by atoms with Crippen LogP contribution in [0.3, 0.4) is 0 Å². The van der Waals surface area contributed by atoms with Crippen LogP contribution >= 0.6 is 0 Å². The van der Waals surface area contributed by atoms with E-state index in [2.05, 4.69) is 0 Å². The number of hydrogen-bond acceptors (Lipinski definition) is 4. The lowest BCUT2D eigenvalue weighted by Crippen LogP contribution is -2.29. The minimum absolute atomic E-state index is 0.167. The van der Waals surface area contributed by atoms with E-state index in [-0.39, 0.29) is 29.2 Å². The van der Waals surface area contributed by atoms with Crippen molar-refractivity contribution >= 4 is 17.4 Å². The van der Waals surface area contributed by atoms with Crippen molar-refractivity contribution in [1.82, 2.24) is 4.90 Å². The summed E-state index contributed by atoms with van der Waals surface area (Å²) in [4.78, 5) is 27.3. The maximum absolute atomic E-state index is 13.2. The molecule has 3 aromatic rings. The molecule has 4 rings (SSSR count). The van der Waals surface area contributed by atoms with E-state index in [9.17, 15) is 27.9 Å². The summed E-state index contributed by atoms with van der Waals surface area (Å²) in [6, 6.07) is 12.1. The summed E-state index contributed by atoms with van der Waals surface area (Å²) < 4.78 is 45.3. The molecular formula is C26H22F3NO4. The van der Waals surface area contributed by atoms with Gasteiger partial charge in [0.05, 0.1) is 11.1 Å². The van der Waals surface area contributed by atoms with Gasteiger partial charge in [-0.05, 0) is 62.2 Å². The van der Waals surface area contributed by atoms with E-state index in [0.29, 0.717) is 16.9 Å². The third-order valence-electron chi connectivity index (χ3n) is 5.83. The van der Waals surface area contributed by atoms with E-state index in [1.807, 2.05) is 13.0 Å². The number of hydrogen-bond donors (Lipinski definition) is 1. The lowest BCUT2D eigenvalue weighted by molar-refractivity contribution is -0.140. The van der Waals surface area contributed by atoms with Gasteiger partial charge in [0.25, 0.3) is 11.7 Å². The number of ketones is 1. The lowest BCUT2D eigenvalue weighted by Gasteiger charge is -2.24. The Labute approximate surface area is 194 Å². The third kappa shape index (κ3) is 4.23. The number of furan rings is 1. The number of rotatable bonds is 4. The molecule has 2 aromatic carbocycles. The summed E-state index contributed by atoms with van der Waals surface area (Å²) in [6.07, 6.45) is -4.55. The second-order valence-corrected chi connectivity index (χ2v) is 8.39. The van der Waals surface area contributed by atoms with Gasteiger partial charge in [0.2, 0.25) is 0 Å².